The second-order valence-electron chi connectivity index (χ2n) is 6.11. The third kappa shape index (κ3) is 4.23. The van der Waals surface area contributed by atoms with E-state index in [-0.39, 0.29) is 11.7 Å². The summed E-state index contributed by atoms with van der Waals surface area (Å²) in [5.41, 5.74) is 1.80. The van der Waals surface area contributed by atoms with Gasteiger partial charge in [0.15, 0.2) is 5.16 Å². The maximum absolute atomic E-state index is 12.5. The van der Waals surface area contributed by atoms with Gasteiger partial charge in [-0.3, -0.25) is 9.36 Å². The van der Waals surface area contributed by atoms with E-state index in [0.29, 0.717) is 22.0 Å². The number of nitrogens with zero attached hydrogens (tertiary/aromatic N) is 2. The first kappa shape index (κ1) is 19.7. The highest BCUT2D eigenvalue weighted by molar-refractivity contribution is 14.1. The molecule has 0 amide bonds. The van der Waals surface area contributed by atoms with Crippen molar-refractivity contribution in [3.63, 3.8) is 0 Å². The van der Waals surface area contributed by atoms with Crippen LogP contribution in [0.15, 0.2) is 75.2 Å². The Morgan fingerprint density at radius 3 is 2.72 bits per heavy atom. The number of carbonyl (C=O) groups is 1. The zero-order valence-electron chi connectivity index (χ0n) is 15.3. The van der Waals surface area contributed by atoms with Gasteiger partial charge in [0.25, 0.3) is 0 Å². The van der Waals surface area contributed by atoms with Gasteiger partial charge in [-0.2, -0.15) is 0 Å². The molecule has 4 rings (SSSR count). The van der Waals surface area contributed by atoms with Crippen molar-refractivity contribution in [1.29, 1.82) is 0 Å². The molecule has 146 valence electrons. The third-order valence-corrected chi connectivity index (χ3v) is 5.89. The molecule has 2 heterocycles. The van der Waals surface area contributed by atoms with Crippen molar-refractivity contribution < 1.29 is 13.9 Å². The first-order valence-corrected chi connectivity index (χ1v) is 10.7. The van der Waals surface area contributed by atoms with E-state index in [2.05, 4.69) is 27.6 Å². The van der Waals surface area contributed by atoms with Crippen LogP contribution in [0.2, 0.25) is 0 Å². The lowest BCUT2D eigenvalue weighted by Gasteiger charge is -2.06. The number of aromatic nitrogens is 2. The number of halogens is 1. The lowest BCUT2D eigenvalue weighted by Crippen LogP contribution is -2.04. The van der Waals surface area contributed by atoms with Gasteiger partial charge in [0, 0.05) is 20.8 Å². The zero-order chi connectivity index (χ0) is 20.4. The van der Waals surface area contributed by atoms with Gasteiger partial charge in [0.05, 0.1) is 24.1 Å². The van der Waals surface area contributed by atoms with Crippen molar-refractivity contribution in [3.05, 3.63) is 74.8 Å². The van der Waals surface area contributed by atoms with Crippen LogP contribution in [0.25, 0.3) is 27.9 Å². The van der Waals surface area contributed by atoms with Crippen LogP contribution >= 0.6 is 34.4 Å². The van der Waals surface area contributed by atoms with Gasteiger partial charge in [-0.05, 0) is 59.0 Å². The van der Waals surface area contributed by atoms with E-state index in [1.807, 2.05) is 47.0 Å². The van der Waals surface area contributed by atoms with Crippen LogP contribution in [0.3, 0.4) is 0 Å². The van der Waals surface area contributed by atoms with E-state index in [4.69, 9.17) is 9.15 Å². The first-order chi connectivity index (χ1) is 14.0. The predicted octanol–water partition coefficient (Wildman–Crippen LogP) is 4.52. The molecule has 0 aliphatic carbocycles. The van der Waals surface area contributed by atoms with Crippen LogP contribution in [0.4, 0.5) is 0 Å². The maximum Gasteiger partial charge on any atom is 0.345 e. The summed E-state index contributed by atoms with van der Waals surface area (Å²) in [6.45, 7) is 0. The van der Waals surface area contributed by atoms with E-state index in [1.165, 1.54) is 18.9 Å². The summed E-state index contributed by atoms with van der Waals surface area (Å²) >= 11 is 3.48. The minimum Gasteiger partial charge on any atom is -0.468 e. The Balaban J connectivity index is 1.82. The molecule has 0 spiro atoms. The lowest BCUT2D eigenvalue weighted by atomic mass is 10.1. The number of imidazole rings is 1. The molecule has 0 saturated carbocycles. The van der Waals surface area contributed by atoms with Crippen LogP contribution < -0.4 is 5.63 Å². The number of carbonyl (C=O) groups excluding carboxylic acids is 1. The molecular formula is C21H15IN2O4S. The SMILES string of the molecule is COC(=O)CSc1nc(-c2cc3ccccc3oc2=O)cn1-c1ccc(I)cc1. The summed E-state index contributed by atoms with van der Waals surface area (Å²) in [6, 6.07) is 17.0. The number of hydrogen-bond acceptors (Lipinski definition) is 6. The molecule has 2 aromatic heterocycles. The Labute approximate surface area is 184 Å². The number of rotatable bonds is 5. The standard InChI is InChI=1S/C21H15IN2O4S/c1-27-19(25)12-29-21-23-17(11-24(21)15-8-6-14(22)7-9-15)16-10-13-4-2-3-5-18(13)28-20(16)26/h2-11H,12H2,1H3. The number of fused-ring (bicyclic) bond motifs is 1. The largest absolute Gasteiger partial charge is 0.468 e. The third-order valence-electron chi connectivity index (χ3n) is 4.24. The zero-order valence-corrected chi connectivity index (χ0v) is 18.3. The molecule has 0 aliphatic rings. The molecule has 0 radical (unpaired) electrons. The van der Waals surface area contributed by atoms with E-state index >= 15 is 0 Å². The van der Waals surface area contributed by atoms with Gasteiger partial charge in [0.1, 0.15) is 5.58 Å². The fourth-order valence-corrected chi connectivity index (χ4v) is 3.99. The van der Waals surface area contributed by atoms with Gasteiger partial charge in [0.2, 0.25) is 0 Å². The van der Waals surface area contributed by atoms with E-state index in [0.717, 1.165) is 14.6 Å². The van der Waals surface area contributed by atoms with Crippen molar-refractivity contribution in [2.24, 2.45) is 0 Å². The van der Waals surface area contributed by atoms with Crippen LogP contribution in [-0.2, 0) is 9.53 Å². The van der Waals surface area contributed by atoms with Crippen molar-refractivity contribution in [2.45, 2.75) is 5.16 Å². The normalized spacial score (nSPS) is 11.0. The Morgan fingerprint density at radius 2 is 1.97 bits per heavy atom. The van der Waals surface area contributed by atoms with E-state index in [1.54, 1.807) is 18.3 Å². The van der Waals surface area contributed by atoms with Crippen LogP contribution in [0.5, 0.6) is 0 Å². The summed E-state index contributed by atoms with van der Waals surface area (Å²) in [5.74, 6) is -0.233. The van der Waals surface area contributed by atoms with Gasteiger partial charge in [-0.15, -0.1) is 0 Å². The summed E-state index contributed by atoms with van der Waals surface area (Å²) < 4.78 is 13.1. The smallest absolute Gasteiger partial charge is 0.345 e. The molecule has 29 heavy (non-hydrogen) atoms. The van der Waals surface area contributed by atoms with Gasteiger partial charge in [-0.25, -0.2) is 9.78 Å². The highest BCUT2D eigenvalue weighted by atomic mass is 127. The topological polar surface area (TPSA) is 74.3 Å². The lowest BCUT2D eigenvalue weighted by molar-refractivity contribution is -0.137. The Hall–Kier alpha value is -2.59. The minimum absolute atomic E-state index is 0.115. The maximum atomic E-state index is 12.5. The summed E-state index contributed by atoms with van der Waals surface area (Å²) in [5, 5.41) is 1.40. The van der Waals surface area contributed by atoms with Crippen LogP contribution in [-0.4, -0.2) is 28.4 Å². The molecule has 0 atom stereocenters. The van der Waals surface area contributed by atoms with Crippen molar-refractivity contribution in [3.8, 4) is 16.9 Å². The Kier molecular flexibility index (Phi) is 5.72. The molecular weight excluding hydrogens is 503 g/mol. The molecule has 0 saturated heterocycles. The van der Waals surface area contributed by atoms with Crippen LogP contribution in [0, 0.1) is 3.57 Å². The molecule has 4 aromatic rings. The Bertz CT molecular complexity index is 1250. The molecule has 0 fully saturated rings. The Morgan fingerprint density at radius 1 is 1.21 bits per heavy atom. The van der Waals surface area contributed by atoms with Crippen molar-refractivity contribution >= 4 is 51.3 Å². The number of hydrogen-bond donors (Lipinski definition) is 0. The summed E-state index contributed by atoms with van der Waals surface area (Å²) in [6.07, 6.45) is 1.78. The minimum atomic E-state index is -0.458. The second-order valence-corrected chi connectivity index (χ2v) is 8.29. The number of methoxy groups -OCH3 is 1. The number of benzene rings is 2. The van der Waals surface area contributed by atoms with Gasteiger partial charge < -0.3 is 9.15 Å². The number of para-hydroxylation sites is 1. The fraction of sp³-hybridized carbons (Fsp3) is 0.0952. The summed E-state index contributed by atoms with van der Waals surface area (Å²) in [4.78, 5) is 28.8. The quantitative estimate of drug-likeness (QED) is 0.168. The van der Waals surface area contributed by atoms with Gasteiger partial charge >= 0.3 is 11.6 Å². The highest BCUT2D eigenvalue weighted by Gasteiger charge is 2.17. The van der Waals surface area contributed by atoms with Crippen LogP contribution in [0.1, 0.15) is 0 Å². The highest BCUT2D eigenvalue weighted by Crippen LogP contribution is 2.28. The molecule has 8 heteroatoms. The average Bonchev–Trinajstić information content (AvgIpc) is 3.16. The molecule has 2 aromatic carbocycles. The monoisotopic (exact) mass is 518 g/mol. The number of ether oxygens (including phenoxy) is 1. The van der Waals surface area contributed by atoms with Crippen molar-refractivity contribution in [2.75, 3.05) is 12.9 Å². The molecule has 6 nitrogen and oxygen atoms in total. The van der Waals surface area contributed by atoms with Crippen molar-refractivity contribution in [1.82, 2.24) is 9.55 Å². The van der Waals surface area contributed by atoms with Gasteiger partial charge in [-0.1, -0.05) is 30.0 Å². The fourth-order valence-electron chi connectivity index (χ4n) is 2.80. The molecule has 0 unspecified atom stereocenters. The van der Waals surface area contributed by atoms with E-state index in [9.17, 15) is 9.59 Å². The number of thioether (sulfide) groups is 1. The molecule has 0 aliphatic heterocycles. The number of esters is 1. The predicted molar refractivity (Wildman–Crippen MR) is 120 cm³/mol. The molecule has 0 bridgehead atoms. The first-order valence-electron chi connectivity index (χ1n) is 8.63. The second kappa shape index (κ2) is 8.42. The summed E-state index contributed by atoms with van der Waals surface area (Å²) in [7, 11) is 1.35. The average molecular weight is 518 g/mol. The molecule has 0 N–H and O–H groups in total. The van der Waals surface area contributed by atoms with E-state index < -0.39 is 5.63 Å².